The van der Waals surface area contributed by atoms with Crippen molar-refractivity contribution in [3.05, 3.63) is 28.5 Å². The summed E-state index contributed by atoms with van der Waals surface area (Å²) in [5, 5.41) is 3.01. The van der Waals surface area contributed by atoms with Gasteiger partial charge in [-0.2, -0.15) is 0 Å². The highest BCUT2D eigenvalue weighted by atomic mass is 35.5. The van der Waals surface area contributed by atoms with Crippen molar-refractivity contribution in [2.45, 2.75) is 6.92 Å². The number of carbonyl (C=O) groups excluding carboxylic acids is 1. The predicted molar refractivity (Wildman–Crippen MR) is 65.3 cm³/mol. The molecule has 0 aromatic carbocycles. The Morgan fingerprint density at radius 2 is 2.31 bits per heavy atom. The van der Waals surface area contributed by atoms with Crippen LogP contribution < -0.4 is 5.32 Å². The largest absolute Gasteiger partial charge is 0.351 e. The molecule has 0 aliphatic carbocycles. The molecule has 1 aromatic rings. The smallest absolute Gasteiger partial charge is 0.254 e. The molecule has 16 heavy (non-hydrogen) atoms. The maximum atomic E-state index is 11.6. The Labute approximate surface area is 102 Å². The van der Waals surface area contributed by atoms with Gasteiger partial charge < -0.3 is 5.32 Å². The Kier molecular flexibility index (Phi) is 4.89. The van der Waals surface area contributed by atoms with Crippen LogP contribution in [0.5, 0.6) is 0 Å². The van der Waals surface area contributed by atoms with Gasteiger partial charge in [0.2, 0.25) is 0 Å². The summed E-state index contributed by atoms with van der Waals surface area (Å²) in [5.74, 6) is 0.144. The summed E-state index contributed by atoms with van der Waals surface area (Å²) >= 11 is 5.91. The third kappa shape index (κ3) is 3.90. The number of aromatic nitrogens is 1. The number of halogens is 1. The molecular formula is C10H13ClN2O2S. The van der Waals surface area contributed by atoms with Crippen LogP contribution in [-0.2, 0) is 10.8 Å². The molecule has 0 saturated heterocycles. The monoisotopic (exact) mass is 260 g/mol. The van der Waals surface area contributed by atoms with Crippen LogP contribution in [0, 0.1) is 6.92 Å². The molecule has 1 unspecified atom stereocenters. The van der Waals surface area contributed by atoms with Crippen LogP contribution in [0.15, 0.2) is 12.3 Å². The van der Waals surface area contributed by atoms with Gasteiger partial charge in [0.05, 0.1) is 10.6 Å². The van der Waals surface area contributed by atoms with Gasteiger partial charge in [0.1, 0.15) is 0 Å². The maximum absolute atomic E-state index is 11.6. The molecule has 0 aliphatic heterocycles. The van der Waals surface area contributed by atoms with Gasteiger partial charge in [0, 0.05) is 41.2 Å². The number of pyridine rings is 1. The summed E-state index contributed by atoms with van der Waals surface area (Å²) in [5.41, 5.74) is 1.10. The van der Waals surface area contributed by atoms with E-state index in [-0.39, 0.29) is 5.91 Å². The molecule has 1 amide bonds. The summed E-state index contributed by atoms with van der Waals surface area (Å²) in [7, 11) is -0.911. The first kappa shape index (κ1) is 13.1. The van der Waals surface area contributed by atoms with Crippen LogP contribution >= 0.6 is 11.6 Å². The first-order chi connectivity index (χ1) is 7.50. The van der Waals surface area contributed by atoms with E-state index in [9.17, 15) is 9.00 Å². The maximum Gasteiger partial charge on any atom is 0.254 e. The lowest BCUT2D eigenvalue weighted by atomic mass is 10.2. The van der Waals surface area contributed by atoms with Crippen LogP contribution in [0.25, 0.3) is 0 Å². The third-order valence-electron chi connectivity index (χ3n) is 1.91. The topological polar surface area (TPSA) is 59.1 Å². The fraction of sp³-hybridized carbons (Fsp3) is 0.400. The lowest BCUT2D eigenvalue weighted by Crippen LogP contribution is -2.27. The highest BCUT2D eigenvalue weighted by molar-refractivity contribution is 7.84. The Hall–Kier alpha value is -0.940. The van der Waals surface area contributed by atoms with E-state index in [2.05, 4.69) is 10.3 Å². The van der Waals surface area contributed by atoms with Crippen LogP contribution in [0.1, 0.15) is 16.1 Å². The van der Waals surface area contributed by atoms with Crippen molar-refractivity contribution in [1.29, 1.82) is 0 Å². The molecule has 1 atom stereocenters. The lowest BCUT2D eigenvalue weighted by Gasteiger charge is -2.05. The van der Waals surface area contributed by atoms with Crippen LogP contribution in [0.2, 0.25) is 5.02 Å². The van der Waals surface area contributed by atoms with Crippen molar-refractivity contribution in [2.75, 3.05) is 18.6 Å². The summed E-state index contributed by atoms with van der Waals surface area (Å²) in [6.07, 6.45) is 3.03. The first-order valence-electron chi connectivity index (χ1n) is 4.71. The molecule has 0 fully saturated rings. The summed E-state index contributed by atoms with van der Waals surface area (Å²) in [6, 6.07) is 1.63. The average molecular weight is 261 g/mol. The minimum atomic E-state index is -0.911. The van der Waals surface area contributed by atoms with Gasteiger partial charge in [-0.3, -0.25) is 14.0 Å². The molecule has 1 rings (SSSR count). The van der Waals surface area contributed by atoms with E-state index >= 15 is 0 Å². The second-order valence-corrected chi connectivity index (χ2v) is 5.30. The summed E-state index contributed by atoms with van der Waals surface area (Å²) < 4.78 is 10.8. The van der Waals surface area contributed by atoms with Gasteiger partial charge in [0.15, 0.2) is 0 Å². The van der Waals surface area contributed by atoms with Gasteiger partial charge in [-0.05, 0) is 13.0 Å². The zero-order valence-electron chi connectivity index (χ0n) is 9.12. The van der Waals surface area contributed by atoms with E-state index in [1.54, 1.807) is 19.2 Å². The highest BCUT2D eigenvalue weighted by Crippen LogP contribution is 2.15. The summed E-state index contributed by atoms with van der Waals surface area (Å²) in [4.78, 5) is 15.6. The molecule has 0 bridgehead atoms. The number of nitrogens with zero attached hydrogens (tertiary/aromatic N) is 1. The number of amides is 1. The van der Waals surface area contributed by atoms with Gasteiger partial charge >= 0.3 is 0 Å². The molecule has 0 aliphatic rings. The number of rotatable bonds is 4. The Bertz CT molecular complexity index is 423. The van der Waals surface area contributed by atoms with Crippen molar-refractivity contribution < 1.29 is 9.00 Å². The van der Waals surface area contributed by atoms with Crippen molar-refractivity contribution in [3.63, 3.8) is 0 Å². The fourth-order valence-electron chi connectivity index (χ4n) is 1.10. The number of nitrogens with one attached hydrogen (secondary N) is 1. The first-order valence-corrected chi connectivity index (χ1v) is 6.81. The zero-order valence-corrected chi connectivity index (χ0v) is 10.7. The number of aryl methyl sites for hydroxylation is 1. The van der Waals surface area contributed by atoms with E-state index in [1.165, 1.54) is 6.20 Å². The van der Waals surface area contributed by atoms with Gasteiger partial charge in [0.25, 0.3) is 5.91 Å². The van der Waals surface area contributed by atoms with Crippen LogP contribution in [0.3, 0.4) is 0 Å². The molecule has 1 aromatic heterocycles. The van der Waals surface area contributed by atoms with E-state index in [0.29, 0.717) is 22.9 Å². The number of hydrogen-bond donors (Lipinski definition) is 1. The van der Waals surface area contributed by atoms with Crippen molar-refractivity contribution in [1.82, 2.24) is 10.3 Å². The molecule has 88 valence electrons. The second kappa shape index (κ2) is 5.96. The highest BCUT2D eigenvalue weighted by Gasteiger charge is 2.10. The minimum Gasteiger partial charge on any atom is -0.351 e. The minimum absolute atomic E-state index is 0.289. The van der Waals surface area contributed by atoms with Gasteiger partial charge in [-0.1, -0.05) is 11.6 Å². The van der Waals surface area contributed by atoms with Crippen LogP contribution in [-0.4, -0.2) is 33.7 Å². The zero-order chi connectivity index (χ0) is 12.1. The van der Waals surface area contributed by atoms with Gasteiger partial charge in [-0.15, -0.1) is 0 Å². The molecule has 1 N–H and O–H groups in total. The quantitative estimate of drug-likeness (QED) is 0.884. The third-order valence-corrected chi connectivity index (χ3v) is 3.00. The van der Waals surface area contributed by atoms with Crippen molar-refractivity contribution >= 4 is 28.3 Å². The predicted octanol–water partition coefficient (Wildman–Crippen LogP) is 1.15. The molecule has 1 heterocycles. The Balaban J connectivity index is 2.63. The van der Waals surface area contributed by atoms with E-state index in [4.69, 9.17) is 11.6 Å². The standard InChI is InChI=1S/C10H13ClN2O2S/c1-7-5-9(11)8(6-13-7)10(14)12-3-4-16(2)15/h5-6H,3-4H2,1-2H3,(H,12,14). The second-order valence-electron chi connectivity index (χ2n) is 3.34. The van der Waals surface area contributed by atoms with Crippen molar-refractivity contribution in [3.8, 4) is 0 Å². The van der Waals surface area contributed by atoms with Crippen molar-refractivity contribution in [2.24, 2.45) is 0 Å². The number of hydrogen-bond acceptors (Lipinski definition) is 3. The van der Waals surface area contributed by atoms with Gasteiger partial charge in [-0.25, -0.2) is 0 Å². The molecule has 0 radical (unpaired) electrons. The molecule has 6 heteroatoms. The Morgan fingerprint density at radius 3 is 2.88 bits per heavy atom. The van der Waals surface area contributed by atoms with E-state index in [0.717, 1.165) is 5.69 Å². The average Bonchev–Trinajstić information content (AvgIpc) is 2.16. The lowest BCUT2D eigenvalue weighted by molar-refractivity contribution is 0.0956. The van der Waals surface area contributed by atoms with Crippen LogP contribution in [0.4, 0.5) is 0 Å². The Morgan fingerprint density at radius 1 is 1.62 bits per heavy atom. The molecular weight excluding hydrogens is 248 g/mol. The molecule has 0 spiro atoms. The van der Waals surface area contributed by atoms with E-state index in [1.807, 2.05) is 0 Å². The SMILES string of the molecule is Cc1cc(Cl)c(C(=O)NCCS(C)=O)cn1. The van der Waals surface area contributed by atoms with E-state index < -0.39 is 10.8 Å². The molecule has 4 nitrogen and oxygen atoms in total. The normalized spacial score (nSPS) is 12.2. The number of carbonyl (C=O) groups is 1. The summed E-state index contributed by atoms with van der Waals surface area (Å²) in [6.45, 7) is 2.17. The fourth-order valence-corrected chi connectivity index (χ4v) is 1.78. The molecule has 0 saturated carbocycles.